The lowest BCUT2D eigenvalue weighted by molar-refractivity contribution is 0.0691. The molecule has 2 aromatic heterocycles. The molecule has 0 atom stereocenters. The summed E-state index contributed by atoms with van der Waals surface area (Å²) in [6.45, 7) is 10.6. The van der Waals surface area contributed by atoms with E-state index in [4.69, 9.17) is 9.72 Å². The lowest BCUT2D eigenvalue weighted by Crippen LogP contribution is -2.38. The van der Waals surface area contributed by atoms with E-state index >= 15 is 0 Å². The van der Waals surface area contributed by atoms with E-state index in [1.165, 1.54) is 27.9 Å². The van der Waals surface area contributed by atoms with Gasteiger partial charge in [0.25, 0.3) is 5.91 Å². The Morgan fingerprint density at radius 1 is 1.00 bits per heavy atom. The van der Waals surface area contributed by atoms with Crippen LogP contribution in [0, 0.1) is 19.8 Å². The molecule has 4 aromatic rings. The van der Waals surface area contributed by atoms with Crippen molar-refractivity contribution >= 4 is 22.6 Å². The normalized spacial score (nSPS) is 16.0. The number of carbonyl (C=O) groups excluding carboxylic acids is 1. The number of anilines is 1. The number of likely N-dealkylation sites (tertiary alicyclic amines) is 1. The number of carbonyl (C=O) groups is 1. The Hall–Kier alpha value is -3.80. The van der Waals surface area contributed by atoms with Gasteiger partial charge in [0.1, 0.15) is 11.4 Å². The molecule has 0 N–H and O–H groups in total. The van der Waals surface area contributed by atoms with Crippen molar-refractivity contribution in [3.8, 4) is 5.75 Å². The minimum atomic E-state index is 0.0556. The van der Waals surface area contributed by atoms with E-state index in [1.807, 2.05) is 23.1 Å². The summed E-state index contributed by atoms with van der Waals surface area (Å²) < 4.78 is 7.88. The summed E-state index contributed by atoms with van der Waals surface area (Å²) >= 11 is 0. The number of hydrogen-bond acceptors (Lipinski definition) is 4. The fourth-order valence-corrected chi connectivity index (χ4v) is 6.17. The summed E-state index contributed by atoms with van der Waals surface area (Å²) in [7, 11) is 1.71. The molecule has 0 spiro atoms. The molecule has 0 aliphatic carbocycles. The molecular formula is C33H38N4O2. The number of aromatic nitrogens is 2. The summed E-state index contributed by atoms with van der Waals surface area (Å²) in [5.41, 5.74) is 7.98. The van der Waals surface area contributed by atoms with Gasteiger partial charge in [0, 0.05) is 43.8 Å². The van der Waals surface area contributed by atoms with Crippen molar-refractivity contribution in [1.82, 2.24) is 14.5 Å². The molecule has 1 saturated heterocycles. The van der Waals surface area contributed by atoms with E-state index in [9.17, 15) is 4.79 Å². The SMILES string of the molecule is COc1cccc(Cn2c(C)c(C)c3cc(C(=O)N4CCC(C)CC4)nc(N4CCc5ccccc5C4)c32)c1. The zero-order valence-corrected chi connectivity index (χ0v) is 23.5. The first-order chi connectivity index (χ1) is 18.9. The summed E-state index contributed by atoms with van der Waals surface area (Å²) in [6, 6.07) is 19.0. The Morgan fingerprint density at radius 2 is 1.77 bits per heavy atom. The van der Waals surface area contributed by atoms with Crippen LogP contribution in [0.4, 0.5) is 5.82 Å². The highest BCUT2D eigenvalue weighted by Gasteiger charge is 2.28. The highest BCUT2D eigenvalue weighted by Crippen LogP contribution is 2.36. The summed E-state index contributed by atoms with van der Waals surface area (Å²) in [6.07, 6.45) is 3.08. The van der Waals surface area contributed by atoms with Crippen LogP contribution >= 0.6 is 0 Å². The molecule has 39 heavy (non-hydrogen) atoms. The van der Waals surface area contributed by atoms with Gasteiger partial charge in [-0.2, -0.15) is 0 Å². The van der Waals surface area contributed by atoms with Gasteiger partial charge in [-0.25, -0.2) is 4.98 Å². The van der Waals surface area contributed by atoms with Crippen molar-refractivity contribution in [3.63, 3.8) is 0 Å². The number of nitrogens with zero attached hydrogens (tertiary/aromatic N) is 4. The number of aryl methyl sites for hydroxylation is 1. The fraction of sp³-hybridized carbons (Fsp3) is 0.394. The van der Waals surface area contributed by atoms with E-state index in [2.05, 4.69) is 66.6 Å². The number of rotatable bonds is 5. The zero-order chi connectivity index (χ0) is 27.1. The van der Waals surface area contributed by atoms with Crippen molar-refractivity contribution in [3.05, 3.63) is 88.2 Å². The maximum atomic E-state index is 13.8. The van der Waals surface area contributed by atoms with Crippen LogP contribution in [0.2, 0.25) is 0 Å². The smallest absolute Gasteiger partial charge is 0.272 e. The van der Waals surface area contributed by atoms with Crippen LogP contribution in [-0.4, -0.2) is 47.1 Å². The van der Waals surface area contributed by atoms with Crippen molar-refractivity contribution in [2.24, 2.45) is 5.92 Å². The molecule has 6 nitrogen and oxygen atoms in total. The first kappa shape index (κ1) is 25.5. The predicted octanol–water partition coefficient (Wildman–Crippen LogP) is 6.14. The first-order valence-electron chi connectivity index (χ1n) is 14.2. The lowest BCUT2D eigenvalue weighted by Gasteiger charge is -2.32. The topological polar surface area (TPSA) is 50.6 Å². The standard InChI is InChI=1S/C33H38N4O2/c1-22-12-15-35(16-13-22)33(38)30-19-29-23(2)24(3)37(20-25-8-7-11-28(18-25)39-4)31(29)32(34-30)36-17-14-26-9-5-6-10-27(26)21-36/h5-11,18-19,22H,12-17,20-21H2,1-4H3. The monoisotopic (exact) mass is 522 g/mol. The predicted molar refractivity (Wildman–Crippen MR) is 157 cm³/mol. The highest BCUT2D eigenvalue weighted by molar-refractivity contribution is 6.01. The number of fused-ring (bicyclic) bond motifs is 2. The quantitative estimate of drug-likeness (QED) is 0.316. The van der Waals surface area contributed by atoms with Gasteiger partial charge in [-0.15, -0.1) is 0 Å². The van der Waals surface area contributed by atoms with Gasteiger partial charge in [-0.3, -0.25) is 4.79 Å². The third-order valence-electron chi connectivity index (χ3n) is 8.79. The minimum absolute atomic E-state index is 0.0556. The van der Waals surface area contributed by atoms with E-state index in [0.29, 0.717) is 18.2 Å². The third kappa shape index (κ3) is 4.77. The summed E-state index contributed by atoms with van der Waals surface area (Å²) in [5.74, 6) is 2.49. The molecule has 2 aromatic carbocycles. The molecule has 4 heterocycles. The second-order valence-electron chi connectivity index (χ2n) is 11.3. The molecule has 1 fully saturated rings. The van der Waals surface area contributed by atoms with Crippen molar-refractivity contribution in [2.75, 3.05) is 31.6 Å². The largest absolute Gasteiger partial charge is 0.497 e. The molecular weight excluding hydrogens is 484 g/mol. The van der Waals surface area contributed by atoms with E-state index in [-0.39, 0.29) is 5.91 Å². The molecule has 0 radical (unpaired) electrons. The summed E-state index contributed by atoms with van der Waals surface area (Å²) in [4.78, 5) is 23.3. The van der Waals surface area contributed by atoms with Crippen molar-refractivity contribution in [2.45, 2.75) is 53.1 Å². The van der Waals surface area contributed by atoms with Crippen LogP contribution in [0.15, 0.2) is 54.6 Å². The van der Waals surface area contributed by atoms with Crippen molar-refractivity contribution in [1.29, 1.82) is 0 Å². The third-order valence-corrected chi connectivity index (χ3v) is 8.79. The second kappa shape index (κ2) is 10.4. The van der Waals surface area contributed by atoms with E-state index in [0.717, 1.165) is 67.9 Å². The number of hydrogen-bond donors (Lipinski definition) is 0. The van der Waals surface area contributed by atoms with Gasteiger partial charge in [0.05, 0.1) is 12.6 Å². The molecule has 6 heteroatoms. The molecule has 0 bridgehead atoms. The van der Waals surface area contributed by atoms with E-state index in [1.54, 1.807) is 7.11 Å². The van der Waals surface area contributed by atoms with Gasteiger partial charge in [-0.1, -0.05) is 43.3 Å². The molecule has 202 valence electrons. The number of benzene rings is 2. The maximum Gasteiger partial charge on any atom is 0.272 e. The Morgan fingerprint density at radius 3 is 2.54 bits per heavy atom. The Bertz CT molecular complexity index is 1530. The number of methoxy groups -OCH3 is 1. The van der Waals surface area contributed by atoms with E-state index < -0.39 is 0 Å². The van der Waals surface area contributed by atoms with Crippen LogP contribution < -0.4 is 9.64 Å². The van der Waals surface area contributed by atoms with Crippen molar-refractivity contribution < 1.29 is 9.53 Å². The average Bonchev–Trinajstić information content (AvgIpc) is 3.21. The van der Waals surface area contributed by atoms with Crippen LogP contribution in [0.5, 0.6) is 5.75 Å². The first-order valence-corrected chi connectivity index (χ1v) is 14.2. The zero-order valence-electron chi connectivity index (χ0n) is 23.5. The molecule has 2 aliphatic heterocycles. The summed E-state index contributed by atoms with van der Waals surface area (Å²) in [5, 5.41) is 1.12. The number of pyridine rings is 1. The maximum absolute atomic E-state index is 13.8. The van der Waals surface area contributed by atoms with Gasteiger partial charge in [0.15, 0.2) is 5.82 Å². The molecule has 0 unspecified atom stereocenters. The number of amides is 1. The Kier molecular flexibility index (Phi) is 6.79. The Balaban J connectivity index is 1.48. The van der Waals surface area contributed by atoms with Crippen LogP contribution in [0.1, 0.15) is 58.2 Å². The molecule has 1 amide bonds. The van der Waals surface area contributed by atoms with Crippen LogP contribution in [0.25, 0.3) is 10.9 Å². The van der Waals surface area contributed by atoms with Gasteiger partial charge in [-0.05, 0) is 79.5 Å². The average molecular weight is 523 g/mol. The molecule has 2 aliphatic rings. The highest BCUT2D eigenvalue weighted by atomic mass is 16.5. The molecule has 6 rings (SSSR count). The van der Waals surface area contributed by atoms with Crippen LogP contribution in [-0.2, 0) is 19.5 Å². The Labute approximate surface area is 231 Å². The minimum Gasteiger partial charge on any atom is -0.497 e. The van der Waals surface area contributed by atoms with Gasteiger partial charge in [0.2, 0.25) is 0 Å². The fourth-order valence-electron chi connectivity index (χ4n) is 6.17. The number of piperidine rings is 1. The van der Waals surface area contributed by atoms with Gasteiger partial charge < -0.3 is 19.1 Å². The second-order valence-corrected chi connectivity index (χ2v) is 11.3. The van der Waals surface area contributed by atoms with Crippen LogP contribution in [0.3, 0.4) is 0 Å². The number of ether oxygens (including phenoxy) is 1. The van der Waals surface area contributed by atoms with Gasteiger partial charge >= 0.3 is 0 Å². The molecule has 0 saturated carbocycles. The lowest BCUT2D eigenvalue weighted by atomic mass is 9.99.